The van der Waals surface area contributed by atoms with Gasteiger partial charge in [0.15, 0.2) is 11.6 Å². The van der Waals surface area contributed by atoms with Gasteiger partial charge in [-0.3, -0.25) is 4.79 Å². The molecule has 2 rings (SSSR count). The molecular weight excluding hydrogens is 377 g/mol. The van der Waals surface area contributed by atoms with Crippen molar-refractivity contribution in [3.8, 4) is 11.5 Å². The molecule has 0 saturated heterocycles. The molecule has 2 atom stereocenters. The first-order valence-electron chi connectivity index (χ1n) is 9.80. The number of hydrogen-bond acceptors (Lipinski definition) is 3. The van der Waals surface area contributed by atoms with E-state index in [2.05, 4.69) is 5.32 Å². The second kappa shape index (κ2) is 10.6. The molecule has 0 aliphatic rings. The normalized spacial score (nSPS) is 13.4. The Labute approximate surface area is 172 Å². The Bertz CT molecular complexity index is 780. The van der Waals surface area contributed by atoms with Crippen LogP contribution < -0.4 is 10.1 Å². The van der Waals surface area contributed by atoms with Crippen LogP contribution in [0.3, 0.4) is 0 Å². The van der Waals surface area contributed by atoms with Crippen molar-refractivity contribution in [2.24, 2.45) is 5.92 Å². The molecule has 2 aromatic carbocycles. The Kier molecular flexibility index (Phi) is 8.46. The van der Waals surface area contributed by atoms with Gasteiger partial charge in [-0.1, -0.05) is 56.6 Å². The van der Waals surface area contributed by atoms with E-state index >= 15 is 4.39 Å². The maximum atomic E-state index is 15.2. The second-order valence-electron chi connectivity index (χ2n) is 7.56. The number of halogens is 2. The minimum atomic E-state index is -0.476. The maximum Gasteiger partial charge on any atom is 0.181 e. The Morgan fingerprint density at radius 1 is 1.11 bits per heavy atom. The van der Waals surface area contributed by atoms with Crippen LogP contribution in [0, 0.1) is 11.7 Å². The zero-order valence-electron chi connectivity index (χ0n) is 17.0. The van der Waals surface area contributed by atoms with Crippen LogP contribution in [-0.2, 0) is 4.79 Å². The summed E-state index contributed by atoms with van der Waals surface area (Å²) in [5, 5.41) is 3.60. The van der Waals surface area contributed by atoms with Crippen LogP contribution in [0.2, 0.25) is 5.02 Å². The summed E-state index contributed by atoms with van der Waals surface area (Å²) in [6, 6.07) is 12.0. The molecule has 0 fully saturated rings. The average molecular weight is 406 g/mol. The first-order chi connectivity index (χ1) is 13.3. The molecule has 0 amide bonds. The molecule has 2 aromatic rings. The molecule has 0 heterocycles. The van der Waals surface area contributed by atoms with Crippen molar-refractivity contribution in [1.82, 2.24) is 5.32 Å². The van der Waals surface area contributed by atoms with Gasteiger partial charge in [0.1, 0.15) is 11.5 Å². The fraction of sp³-hybridized carbons (Fsp3) is 0.435. The highest BCUT2D eigenvalue weighted by Gasteiger charge is 2.22. The van der Waals surface area contributed by atoms with E-state index in [0.29, 0.717) is 36.5 Å². The lowest BCUT2D eigenvalue weighted by Gasteiger charge is -2.24. The van der Waals surface area contributed by atoms with Gasteiger partial charge in [0.05, 0.1) is 5.02 Å². The third-order valence-electron chi connectivity index (χ3n) is 4.48. The van der Waals surface area contributed by atoms with E-state index in [0.717, 1.165) is 0 Å². The lowest BCUT2D eigenvalue weighted by atomic mass is 9.99. The Hall–Kier alpha value is -1.91. The molecule has 152 valence electrons. The molecule has 0 saturated carbocycles. The predicted octanol–water partition coefficient (Wildman–Crippen LogP) is 6.71. The smallest absolute Gasteiger partial charge is 0.181 e. The van der Waals surface area contributed by atoms with Crippen molar-refractivity contribution < 1.29 is 13.9 Å². The van der Waals surface area contributed by atoms with Gasteiger partial charge >= 0.3 is 0 Å². The molecule has 0 aromatic heterocycles. The molecule has 1 N–H and O–H groups in total. The second-order valence-corrected chi connectivity index (χ2v) is 7.97. The maximum absolute atomic E-state index is 15.2. The number of ether oxygens (including phenoxy) is 1. The number of carbonyl (C=O) groups is 1. The van der Waals surface area contributed by atoms with Crippen molar-refractivity contribution in [1.29, 1.82) is 0 Å². The van der Waals surface area contributed by atoms with Crippen LogP contribution in [0.4, 0.5) is 4.39 Å². The molecule has 0 bridgehead atoms. The van der Waals surface area contributed by atoms with E-state index in [1.807, 2.05) is 45.9 Å². The van der Waals surface area contributed by atoms with Gasteiger partial charge in [0.2, 0.25) is 0 Å². The number of nitrogens with one attached hydrogen (secondary N) is 1. The molecule has 28 heavy (non-hydrogen) atoms. The Morgan fingerprint density at radius 2 is 1.79 bits per heavy atom. The summed E-state index contributed by atoms with van der Waals surface area (Å²) >= 11 is 6.19. The molecule has 0 spiro atoms. The first-order valence-corrected chi connectivity index (χ1v) is 10.2. The number of para-hydroxylation sites is 1. The summed E-state index contributed by atoms with van der Waals surface area (Å²) < 4.78 is 20.9. The van der Waals surface area contributed by atoms with Crippen LogP contribution in [0.5, 0.6) is 11.5 Å². The van der Waals surface area contributed by atoms with Crippen LogP contribution >= 0.6 is 11.6 Å². The van der Waals surface area contributed by atoms with Gasteiger partial charge in [0, 0.05) is 30.5 Å². The monoisotopic (exact) mass is 405 g/mol. The van der Waals surface area contributed by atoms with Crippen molar-refractivity contribution in [3.05, 3.63) is 58.9 Å². The van der Waals surface area contributed by atoms with Crippen LogP contribution in [0.25, 0.3) is 0 Å². The van der Waals surface area contributed by atoms with E-state index in [1.165, 1.54) is 0 Å². The fourth-order valence-electron chi connectivity index (χ4n) is 3.23. The highest BCUT2D eigenvalue weighted by Crippen LogP contribution is 2.36. The van der Waals surface area contributed by atoms with E-state index in [-0.39, 0.29) is 28.6 Å². The van der Waals surface area contributed by atoms with Crippen molar-refractivity contribution in [2.45, 2.75) is 59.0 Å². The van der Waals surface area contributed by atoms with E-state index in [4.69, 9.17) is 16.3 Å². The standard InChI is InChI=1S/C23H29ClFNO2/c1-5-21(26-16(4)14-17(27)13-15(2)3)19-11-12-20(24)23(22(19)25)28-18-9-7-6-8-10-18/h6-12,15-16,21,26H,5,13-14H2,1-4H3/t16-,21-/m1/s1. The molecule has 0 aliphatic carbocycles. The minimum absolute atomic E-state index is 0.0224. The molecule has 0 unspecified atom stereocenters. The van der Waals surface area contributed by atoms with Crippen LogP contribution in [-0.4, -0.2) is 11.8 Å². The summed E-state index contributed by atoms with van der Waals surface area (Å²) in [5.41, 5.74) is 0.487. The van der Waals surface area contributed by atoms with Gasteiger partial charge in [-0.2, -0.15) is 0 Å². The van der Waals surface area contributed by atoms with Gasteiger partial charge in [-0.25, -0.2) is 4.39 Å². The Morgan fingerprint density at radius 3 is 2.39 bits per heavy atom. The largest absolute Gasteiger partial charge is 0.453 e. The fourth-order valence-corrected chi connectivity index (χ4v) is 3.41. The molecule has 5 heteroatoms. The van der Waals surface area contributed by atoms with Crippen molar-refractivity contribution in [3.63, 3.8) is 0 Å². The highest BCUT2D eigenvalue weighted by atomic mass is 35.5. The number of hydrogen-bond donors (Lipinski definition) is 1. The molecule has 3 nitrogen and oxygen atoms in total. The molecular formula is C23H29ClFNO2. The summed E-state index contributed by atoms with van der Waals surface area (Å²) in [4.78, 5) is 12.1. The van der Waals surface area contributed by atoms with E-state index < -0.39 is 5.82 Å². The third kappa shape index (κ3) is 6.32. The number of benzene rings is 2. The lowest BCUT2D eigenvalue weighted by Crippen LogP contribution is -2.32. The quantitative estimate of drug-likeness (QED) is 0.477. The van der Waals surface area contributed by atoms with Crippen molar-refractivity contribution >= 4 is 17.4 Å². The van der Waals surface area contributed by atoms with Crippen LogP contribution in [0.1, 0.15) is 58.6 Å². The molecule has 0 radical (unpaired) electrons. The zero-order chi connectivity index (χ0) is 20.7. The number of carbonyl (C=O) groups excluding carboxylic acids is 1. The van der Waals surface area contributed by atoms with E-state index in [1.54, 1.807) is 24.3 Å². The molecule has 0 aliphatic heterocycles. The number of rotatable bonds is 10. The minimum Gasteiger partial charge on any atom is -0.453 e. The van der Waals surface area contributed by atoms with Gasteiger partial charge in [-0.15, -0.1) is 0 Å². The predicted molar refractivity (Wildman–Crippen MR) is 113 cm³/mol. The number of Topliss-reactive ketones (excluding diaryl/α,β-unsaturated/α-hetero) is 1. The van der Waals surface area contributed by atoms with Crippen LogP contribution in [0.15, 0.2) is 42.5 Å². The van der Waals surface area contributed by atoms with Crippen molar-refractivity contribution in [2.75, 3.05) is 0 Å². The average Bonchev–Trinajstić information content (AvgIpc) is 2.63. The van der Waals surface area contributed by atoms with E-state index in [9.17, 15) is 4.79 Å². The number of ketones is 1. The van der Waals surface area contributed by atoms with Gasteiger partial charge in [-0.05, 0) is 37.5 Å². The SMILES string of the molecule is CC[C@@H](N[C@H](C)CC(=O)CC(C)C)c1ccc(Cl)c(Oc2ccccc2)c1F. The summed E-state index contributed by atoms with van der Waals surface area (Å²) in [5.74, 6) is 0.627. The van der Waals surface area contributed by atoms with Gasteiger partial charge in [0.25, 0.3) is 0 Å². The topological polar surface area (TPSA) is 38.3 Å². The zero-order valence-corrected chi connectivity index (χ0v) is 17.7. The first kappa shape index (κ1) is 22.4. The third-order valence-corrected chi connectivity index (χ3v) is 4.78. The summed E-state index contributed by atoms with van der Waals surface area (Å²) in [6.07, 6.45) is 1.66. The summed E-state index contributed by atoms with van der Waals surface area (Å²) in [7, 11) is 0. The summed E-state index contributed by atoms with van der Waals surface area (Å²) in [6.45, 7) is 7.99. The Balaban J connectivity index is 2.17. The van der Waals surface area contributed by atoms with Gasteiger partial charge < -0.3 is 10.1 Å². The lowest BCUT2D eigenvalue weighted by molar-refractivity contribution is -0.120. The highest BCUT2D eigenvalue weighted by molar-refractivity contribution is 6.32.